The Bertz CT molecular complexity index is 972. The van der Waals surface area contributed by atoms with Gasteiger partial charge in [-0.15, -0.1) is 0 Å². The second kappa shape index (κ2) is 39.9. The van der Waals surface area contributed by atoms with Crippen LogP contribution in [0.25, 0.3) is 0 Å². The molecule has 0 bridgehead atoms. The van der Waals surface area contributed by atoms with Crippen molar-refractivity contribution in [3.8, 4) is 0 Å². The summed E-state index contributed by atoms with van der Waals surface area (Å²) in [6.45, 7) is -4.20. The first-order chi connectivity index (χ1) is 17.5. The quantitative estimate of drug-likeness (QED) is 0.0761. The molecule has 0 aromatic carbocycles. The maximum Gasteiger partial charge on any atom is 1.00 e. The zero-order valence-electron chi connectivity index (χ0n) is 28.3. The molecule has 0 unspecified atom stereocenters. The minimum absolute atomic E-state index is 0. The van der Waals surface area contributed by atoms with Gasteiger partial charge >= 0.3 is 411 Å². The van der Waals surface area contributed by atoms with Crippen molar-refractivity contribution in [1.29, 1.82) is 0 Å². The summed E-state index contributed by atoms with van der Waals surface area (Å²) in [5, 5.41) is 0. The van der Waals surface area contributed by atoms with Crippen LogP contribution in [0.1, 0.15) is 0 Å². The van der Waals surface area contributed by atoms with Crippen molar-refractivity contribution in [2.24, 2.45) is 0 Å². The van der Waals surface area contributed by atoms with Gasteiger partial charge in [-0.05, 0) is 0 Å². The second-order valence-corrected chi connectivity index (χ2v) is 17.6. The van der Waals surface area contributed by atoms with Crippen LogP contribution in [0.15, 0.2) is 0 Å². The summed E-state index contributed by atoms with van der Waals surface area (Å²) in [7, 11) is -32.5. The zero-order chi connectivity index (χ0) is 31.8. The molecule has 0 radical (unpaired) electrons. The van der Waals surface area contributed by atoms with Crippen molar-refractivity contribution in [3.05, 3.63) is 0 Å². The van der Waals surface area contributed by atoms with E-state index in [1.165, 1.54) is 0 Å². The van der Waals surface area contributed by atoms with Crippen molar-refractivity contribution in [1.82, 2.24) is 19.6 Å². The van der Waals surface area contributed by atoms with E-state index in [2.05, 4.69) is 0 Å². The van der Waals surface area contributed by atoms with Gasteiger partial charge in [0.25, 0.3) is 0 Å². The van der Waals surface area contributed by atoms with E-state index in [0.29, 0.717) is 19.6 Å². The Labute approximate surface area is 619 Å². The zero-order valence-corrected chi connectivity index (χ0v) is 58.7. The SMILES string of the molecule is O=P([O-])([O-])CN(CCN(CCN(CP(=O)([O-])[O-])CP(=O)([O-])[O-])CP(=O)([O-])[O-])CCN(CP(=O)([O-])[O-])CP(=O)([O-])[O-].[K+].[K+].[K+].[K+].[K+].[K+].[K+].[K+]. The van der Waals surface area contributed by atoms with Crippen LogP contribution < -0.4 is 470 Å². The van der Waals surface area contributed by atoms with Crippen LogP contribution in [0, 0.1) is 0 Å². The molecule has 0 spiro atoms. The molecule has 0 aromatic heterocycles. The molecule has 0 aromatic rings. The Kier molecular flexibility index (Phi) is 68.2. The largest absolute Gasteiger partial charge is 1.00 e. The summed E-state index contributed by atoms with van der Waals surface area (Å²) in [4.78, 5) is 135. The van der Waals surface area contributed by atoms with Gasteiger partial charge in [0.1, 0.15) is 0 Å². The van der Waals surface area contributed by atoms with Gasteiger partial charge in [0, 0.05) is 77.0 Å². The molecule has 0 aliphatic carbocycles. The van der Waals surface area contributed by atoms with Crippen molar-refractivity contribution < 1.29 is 497 Å². The van der Waals surface area contributed by atoms with Crippen LogP contribution in [0.4, 0.5) is 0 Å². The van der Waals surface area contributed by atoms with Gasteiger partial charge in [-0.2, -0.15) is 0 Å². The van der Waals surface area contributed by atoms with E-state index < -0.39 is 123 Å². The van der Waals surface area contributed by atoms with Crippen molar-refractivity contribution in [3.63, 3.8) is 0 Å². The summed E-state index contributed by atoms with van der Waals surface area (Å²) >= 11 is 0. The average molecular weight is 1010 g/mol. The van der Waals surface area contributed by atoms with E-state index >= 15 is 0 Å². The van der Waals surface area contributed by atoms with E-state index in [1.54, 1.807) is 0 Å². The molecule has 242 valence electrons. The number of nitrogens with zero attached hydrogens (tertiary/aromatic N) is 4. The van der Waals surface area contributed by atoms with Gasteiger partial charge < -0.3 is 86.1 Å². The van der Waals surface area contributed by atoms with E-state index in [-0.39, 0.29) is 411 Å². The van der Waals surface area contributed by atoms with Crippen LogP contribution in [0.2, 0.25) is 0 Å². The third-order valence-electron chi connectivity index (χ3n) is 4.44. The summed E-state index contributed by atoms with van der Waals surface area (Å²) in [6.07, 6.45) is -8.51. The minimum Gasteiger partial charge on any atom is -0.810 e. The Hall–Kier alpha value is 13.8. The predicted molar refractivity (Wildman–Crippen MR) is 111 cm³/mol. The Morgan fingerprint density at radius 3 is 0.479 bits per heavy atom. The molecule has 36 heteroatoms. The molecule has 0 amide bonds. The summed E-state index contributed by atoms with van der Waals surface area (Å²) < 4.78 is 66.7. The van der Waals surface area contributed by atoms with E-state index in [4.69, 9.17) is 0 Å². The number of rotatable bonds is 21. The maximum atomic E-state index is 11.3. The molecular formula is C12H24K8N4O18P6-4. The molecule has 22 nitrogen and oxygen atoms in total. The molecule has 0 saturated carbocycles. The first-order valence-electron chi connectivity index (χ1n) is 10.5. The summed E-state index contributed by atoms with van der Waals surface area (Å²) in [6, 6.07) is 0. The Morgan fingerprint density at radius 1 is 0.250 bits per heavy atom. The van der Waals surface area contributed by atoms with Crippen LogP contribution in [-0.2, 0) is 27.4 Å². The molecule has 0 aliphatic rings. The summed E-state index contributed by atoms with van der Waals surface area (Å²) in [5.74, 6) is 0. The van der Waals surface area contributed by atoms with Gasteiger partial charge in [-0.25, -0.2) is 0 Å². The van der Waals surface area contributed by atoms with Gasteiger partial charge in [0.2, 0.25) is 0 Å². The molecule has 0 atom stereocenters. The molecular weight excluding hydrogens is 987 g/mol. The van der Waals surface area contributed by atoms with Crippen LogP contribution in [0.5, 0.6) is 0 Å². The third kappa shape index (κ3) is 59.8. The van der Waals surface area contributed by atoms with Crippen molar-refractivity contribution >= 4 is 45.6 Å². The van der Waals surface area contributed by atoms with E-state index in [1.807, 2.05) is 0 Å². The summed E-state index contributed by atoms with van der Waals surface area (Å²) in [5.41, 5.74) is 0. The van der Waals surface area contributed by atoms with E-state index in [0.717, 1.165) is 0 Å². The topological polar surface area (TPSA) is 392 Å². The monoisotopic (exact) mass is 1010 g/mol. The average Bonchev–Trinajstić information content (AvgIpc) is 2.60. The predicted octanol–water partition coefficient (Wildman–Crippen LogP) is -34.5. The first kappa shape index (κ1) is 82.0. The van der Waals surface area contributed by atoms with Gasteiger partial charge in [0.15, 0.2) is 0 Å². The normalized spacial score (nSPS) is 12.2. The number of hydrogen-bond donors (Lipinski definition) is 0. The van der Waals surface area contributed by atoms with Crippen LogP contribution in [-0.4, -0.2) is 96.6 Å². The van der Waals surface area contributed by atoms with Crippen LogP contribution >= 0.6 is 45.6 Å². The van der Waals surface area contributed by atoms with Crippen LogP contribution in [0.3, 0.4) is 0 Å². The standard InChI is InChI=1S/C12H36N4O18P6.8K/c17-35(18,19)7-13(3-5-15(9-37(23,24)25)10-38(26,27)28)1-2-14(8-36(20,21)22)4-6-16(11-39(29,30)31)12-40(32,33)34;;;;;;;;/h1-12H2,(H2,17,18,19)(H2,20,21,22)(H2,23,24,25)(H2,26,27,28)(H2,29,30,31)(H2,32,33,34);;;;;;;;/q;8*+1/p-12. The van der Waals surface area contributed by atoms with E-state index in [9.17, 15) is 86.1 Å². The fraction of sp³-hybridized carbons (Fsp3) is 1.00. The molecule has 0 rings (SSSR count). The minimum atomic E-state index is -5.42. The third-order valence-corrected chi connectivity index (χ3v) is 8.92. The molecule has 0 aliphatic heterocycles. The van der Waals surface area contributed by atoms with Gasteiger partial charge in [-0.3, -0.25) is 19.6 Å². The molecule has 0 fully saturated rings. The molecule has 0 N–H and O–H groups in total. The first-order valence-corrected chi connectivity index (χ1v) is 20.8. The fourth-order valence-corrected chi connectivity index (χ4v) is 7.98. The Morgan fingerprint density at radius 2 is 0.354 bits per heavy atom. The molecule has 48 heavy (non-hydrogen) atoms. The second-order valence-electron chi connectivity index (χ2n) is 8.54. The van der Waals surface area contributed by atoms with Gasteiger partial charge in [0.05, 0.1) is 0 Å². The fourth-order valence-electron chi connectivity index (χ4n) is 3.20. The number of hydrogen-bond acceptors (Lipinski definition) is 22. The molecule has 0 saturated heterocycles. The van der Waals surface area contributed by atoms with Gasteiger partial charge in [-0.1, -0.05) is 45.6 Å². The Balaban J connectivity index is -0.000000272. The van der Waals surface area contributed by atoms with Crippen molar-refractivity contribution in [2.45, 2.75) is 0 Å². The smallest absolute Gasteiger partial charge is 0.810 e. The molecule has 0 heterocycles. The maximum absolute atomic E-state index is 11.3. The van der Waals surface area contributed by atoms with Crippen molar-refractivity contribution in [2.75, 3.05) is 77.0 Å².